The van der Waals surface area contributed by atoms with E-state index in [0.29, 0.717) is 6.42 Å². The lowest BCUT2D eigenvalue weighted by Crippen LogP contribution is -2.60. The van der Waals surface area contributed by atoms with Crippen molar-refractivity contribution in [2.24, 2.45) is 0 Å². The molecule has 1 heterocycles. The summed E-state index contributed by atoms with van der Waals surface area (Å²) in [6, 6.07) is 0. The van der Waals surface area contributed by atoms with Crippen molar-refractivity contribution >= 4 is 0 Å². The SMILES string of the molecule is CCC(C)(C)OC1OC(CO)C(O)C(O)C1O. The maximum absolute atomic E-state index is 9.74. The van der Waals surface area contributed by atoms with Crippen LogP contribution in [0.2, 0.25) is 0 Å². The van der Waals surface area contributed by atoms with E-state index in [1.165, 1.54) is 0 Å². The normalized spacial score (nSPS) is 39.4. The van der Waals surface area contributed by atoms with E-state index in [1.54, 1.807) is 0 Å². The Morgan fingerprint density at radius 2 is 1.71 bits per heavy atom. The van der Waals surface area contributed by atoms with Crippen LogP contribution in [-0.2, 0) is 9.47 Å². The van der Waals surface area contributed by atoms with E-state index in [0.717, 1.165) is 0 Å². The second kappa shape index (κ2) is 5.60. The largest absolute Gasteiger partial charge is 0.394 e. The van der Waals surface area contributed by atoms with Crippen molar-refractivity contribution < 1.29 is 29.9 Å². The monoisotopic (exact) mass is 250 g/mol. The van der Waals surface area contributed by atoms with Gasteiger partial charge in [0, 0.05) is 0 Å². The van der Waals surface area contributed by atoms with Crippen LogP contribution in [0.15, 0.2) is 0 Å². The lowest BCUT2D eigenvalue weighted by molar-refractivity contribution is -0.323. The fourth-order valence-electron chi connectivity index (χ4n) is 1.56. The van der Waals surface area contributed by atoms with E-state index in [-0.39, 0.29) is 0 Å². The summed E-state index contributed by atoms with van der Waals surface area (Å²) in [4.78, 5) is 0. The molecule has 0 spiro atoms. The molecule has 1 aliphatic heterocycles. The van der Waals surface area contributed by atoms with Gasteiger partial charge in [0.15, 0.2) is 6.29 Å². The molecule has 1 saturated heterocycles. The minimum atomic E-state index is -1.39. The summed E-state index contributed by atoms with van der Waals surface area (Å²) in [5.74, 6) is 0. The molecule has 4 N–H and O–H groups in total. The van der Waals surface area contributed by atoms with Crippen molar-refractivity contribution in [3.05, 3.63) is 0 Å². The van der Waals surface area contributed by atoms with Crippen molar-refractivity contribution in [1.82, 2.24) is 0 Å². The number of hydrogen-bond donors (Lipinski definition) is 4. The lowest BCUT2D eigenvalue weighted by Gasteiger charge is -2.42. The zero-order valence-electron chi connectivity index (χ0n) is 10.4. The van der Waals surface area contributed by atoms with E-state index in [9.17, 15) is 15.3 Å². The van der Waals surface area contributed by atoms with Gasteiger partial charge in [-0.15, -0.1) is 0 Å². The van der Waals surface area contributed by atoms with Crippen LogP contribution in [-0.4, -0.2) is 63.3 Å². The zero-order chi connectivity index (χ0) is 13.2. The molecule has 0 bridgehead atoms. The van der Waals surface area contributed by atoms with Crippen LogP contribution in [0.25, 0.3) is 0 Å². The van der Waals surface area contributed by atoms with Gasteiger partial charge < -0.3 is 29.9 Å². The third-order valence-electron chi connectivity index (χ3n) is 3.14. The number of ether oxygens (including phenoxy) is 2. The predicted octanol–water partition coefficient (Wildman–Crippen LogP) is -1.01. The number of rotatable bonds is 4. The van der Waals surface area contributed by atoms with Gasteiger partial charge in [0.2, 0.25) is 0 Å². The summed E-state index contributed by atoms with van der Waals surface area (Å²) < 4.78 is 10.8. The summed E-state index contributed by atoms with van der Waals surface area (Å²) in [5.41, 5.74) is -0.520. The molecule has 0 aromatic heterocycles. The van der Waals surface area contributed by atoms with Crippen LogP contribution in [0.5, 0.6) is 0 Å². The Morgan fingerprint density at radius 1 is 1.12 bits per heavy atom. The van der Waals surface area contributed by atoms with Gasteiger partial charge in [-0.25, -0.2) is 0 Å². The molecule has 6 nitrogen and oxygen atoms in total. The molecule has 102 valence electrons. The molecule has 5 unspecified atom stereocenters. The Balaban J connectivity index is 2.72. The molecule has 0 aromatic rings. The quantitative estimate of drug-likeness (QED) is 0.510. The maximum Gasteiger partial charge on any atom is 0.187 e. The molecular formula is C11H22O6. The Labute approximate surface area is 101 Å². The highest BCUT2D eigenvalue weighted by Gasteiger charge is 2.45. The van der Waals surface area contributed by atoms with Gasteiger partial charge in [-0.2, -0.15) is 0 Å². The highest BCUT2D eigenvalue weighted by molar-refractivity contribution is 4.89. The van der Waals surface area contributed by atoms with Gasteiger partial charge in [-0.05, 0) is 20.3 Å². The molecule has 0 radical (unpaired) electrons. The highest BCUT2D eigenvalue weighted by Crippen LogP contribution is 2.26. The van der Waals surface area contributed by atoms with Gasteiger partial charge in [0.1, 0.15) is 24.4 Å². The lowest BCUT2D eigenvalue weighted by atomic mass is 9.98. The van der Waals surface area contributed by atoms with E-state index in [4.69, 9.17) is 14.6 Å². The minimum Gasteiger partial charge on any atom is -0.394 e. The average Bonchev–Trinajstić information content (AvgIpc) is 2.30. The fraction of sp³-hybridized carbons (Fsp3) is 1.00. The van der Waals surface area contributed by atoms with Crippen molar-refractivity contribution in [2.45, 2.75) is 63.5 Å². The average molecular weight is 250 g/mol. The van der Waals surface area contributed by atoms with Crippen LogP contribution in [0.4, 0.5) is 0 Å². The van der Waals surface area contributed by atoms with Crippen LogP contribution in [0, 0.1) is 0 Å². The summed E-state index contributed by atoms with van der Waals surface area (Å²) >= 11 is 0. The number of hydrogen-bond acceptors (Lipinski definition) is 6. The number of aliphatic hydroxyl groups excluding tert-OH is 4. The first-order valence-corrected chi connectivity index (χ1v) is 5.80. The molecule has 1 rings (SSSR count). The maximum atomic E-state index is 9.74. The van der Waals surface area contributed by atoms with Crippen molar-refractivity contribution in [1.29, 1.82) is 0 Å². The molecule has 0 saturated carbocycles. The van der Waals surface area contributed by atoms with Crippen LogP contribution in [0.1, 0.15) is 27.2 Å². The fourth-order valence-corrected chi connectivity index (χ4v) is 1.56. The van der Waals surface area contributed by atoms with E-state index >= 15 is 0 Å². The molecule has 0 amide bonds. The number of aliphatic hydroxyl groups is 4. The van der Waals surface area contributed by atoms with Gasteiger partial charge in [0.05, 0.1) is 12.2 Å². The van der Waals surface area contributed by atoms with Gasteiger partial charge in [0.25, 0.3) is 0 Å². The van der Waals surface area contributed by atoms with E-state index < -0.39 is 42.9 Å². The Bertz CT molecular complexity index is 242. The Morgan fingerprint density at radius 3 is 2.18 bits per heavy atom. The third-order valence-corrected chi connectivity index (χ3v) is 3.14. The van der Waals surface area contributed by atoms with Crippen molar-refractivity contribution in [3.8, 4) is 0 Å². The summed E-state index contributed by atoms with van der Waals surface area (Å²) in [7, 11) is 0. The molecular weight excluding hydrogens is 228 g/mol. The standard InChI is InChI=1S/C11H22O6/c1-4-11(2,3)17-10-9(15)8(14)7(13)6(5-12)16-10/h6-10,12-15H,4-5H2,1-3H3. The van der Waals surface area contributed by atoms with E-state index in [2.05, 4.69) is 0 Å². The van der Waals surface area contributed by atoms with Crippen LogP contribution in [0.3, 0.4) is 0 Å². The molecule has 5 atom stereocenters. The van der Waals surface area contributed by atoms with Crippen molar-refractivity contribution in [2.75, 3.05) is 6.61 Å². The molecule has 6 heteroatoms. The second-order valence-electron chi connectivity index (χ2n) is 4.93. The summed E-state index contributed by atoms with van der Waals surface area (Å²) in [6.07, 6.45) is -5.36. The van der Waals surface area contributed by atoms with E-state index in [1.807, 2.05) is 20.8 Å². The van der Waals surface area contributed by atoms with Gasteiger partial charge in [-0.1, -0.05) is 6.92 Å². The zero-order valence-corrected chi connectivity index (χ0v) is 10.4. The molecule has 1 fully saturated rings. The predicted molar refractivity (Wildman–Crippen MR) is 59.2 cm³/mol. The van der Waals surface area contributed by atoms with Crippen LogP contribution >= 0.6 is 0 Å². The smallest absolute Gasteiger partial charge is 0.187 e. The summed E-state index contributed by atoms with van der Waals surface area (Å²) in [5, 5.41) is 37.9. The van der Waals surface area contributed by atoms with Gasteiger partial charge in [-0.3, -0.25) is 0 Å². The van der Waals surface area contributed by atoms with Crippen molar-refractivity contribution in [3.63, 3.8) is 0 Å². The second-order valence-corrected chi connectivity index (χ2v) is 4.93. The molecule has 0 aliphatic carbocycles. The minimum absolute atomic E-state index is 0.447. The van der Waals surface area contributed by atoms with Crippen LogP contribution < -0.4 is 0 Å². The topological polar surface area (TPSA) is 99.4 Å². The first-order valence-electron chi connectivity index (χ1n) is 5.80. The molecule has 17 heavy (non-hydrogen) atoms. The Hall–Kier alpha value is -0.240. The first-order chi connectivity index (χ1) is 7.82. The third kappa shape index (κ3) is 3.37. The highest BCUT2D eigenvalue weighted by atomic mass is 16.7. The molecule has 1 aliphatic rings. The molecule has 0 aromatic carbocycles. The summed E-state index contributed by atoms with van der Waals surface area (Å²) in [6.45, 7) is 5.13. The Kier molecular flexibility index (Phi) is 4.88. The van der Waals surface area contributed by atoms with Gasteiger partial charge >= 0.3 is 0 Å². The first kappa shape index (κ1) is 14.8.